The highest BCUT2D eigenvalue weighted by atomic mass is 127. The van der Waals surface area contributed by atoms with E-state index in [4.69, 9.17) is 11.3 Å². The first kappa shape index (κ1) is 16.2. The molecule has 0 aliphatic rings. The molecule has 19 heavy (non-hydrogen) atoms. The number of carbonyl (C=O) groups excluding carboxylic acids is 1. The maximum atomic E-state index is 12.0. The van der Waals surface area contributed by atoms with Crippen LogP contribution in [-0.2, 0) is 4.79 Å². The largest absolute Gasteiger partial charge is 0.385 e. The van der Waals surface area contributed by atoms with Gasteiger partial charge in [-0.3, -0.25) is 10.1 Å². The van der Waals surface area contributed by atoms with E-state index < -0.39 is 20.7 Å². The highest BCUT2D eigenvalue weighted by Crippen LogP contribution is 2.05. The molecule has 0 spiro atoms. The van der Waals surface area contributed by atoms with Gasteiger partial charge >= 0.3 is 0 Å². The molecule has 0 aliphatic heterocycles. The lowest BCUT2D eigenvalue weighted by atomic mass is 10.4. The minimum Gasteiger partial charge on any atom is -0.385 e. The van der Waals surface area contributed by atoms with E-state index in [1.807, 2.05) is 0 Å². The molecule has 1 amide bonds. The number of rotatable bonds is 6. The summed E-state index contributed by atoms with van der Waals surface area (Å²) in [6.45, 7) is 0.568. The van der Waals surface area contributed by atoms with Crippen molar-refractivity contribution in [1.29, 1.82) is 0 Å². The predicted octanol–water partition coefficient (Wildman–Crippen LogP) is -2.07. The second kappa shape index (κ2) is 8.32. The molecule has 0 aliphatic carbocycles. The number of nitrogens with two attached hydrogens (primary N) is 2. The number of carbonyl (C=O) groups is 1. The molecule has 0 aromatic carbocycles. The molecule has 9 heteroatoms. The Kier molecular flexibility index (Phi) is 7.08. The third-order valence-corrected chi connectivity index (χ3v) is 5.36. The van der Waals surface area contributed by atoms with Gasteiger partial charge in [-0.2, -0.15) is 5.53 Å². The number of nitrogens with zero attached hydrogens (tertiary/aromatic N) is 2. The molecule has 0 bridgehead atoms. The maximum Gasteiger partial charge on any atom is 0.273 e. The van der Waals surface area contributed by atoms with Gasteiger partial charge in [0.1, 0.15) is 21.8 Å². The molecule has 6 N–H and O–H groups in total. The Morgan fingerprint density at radius 2 is 2.37 bits per heavy atom. The van der Waals surface area contributed by atoms with Gasteiger partial charge in [0.15, 0.2) is 16.3 Å². The number of hydrogen-bond acceptors (Lipinski definition) is 5. The highest BCUT2D eigenvalue weighted by Gasteiger charge is 2.09. The van der Waals surface area contributed by atoms with Gasteiger partial charge in [-0.15, -0.1) is 0 Å². The lowest BCUT2D eigenvalue weighted by molar-refractivity contribution is -0.220. The van der Waals surface area contributed by atoms with Crippen LogP contribution in [0.4, 0.5) is 11.6 Å². The van der Waals surface area contributed by atoms with Crippen LogP contribution in [-0.4, -0.2) is 48.8 Å². The molecule has 7 nitrogen and oxygen atoms in total. The fourth-order valence-electron chi connectivity index (χ4n) is 1.15. The van der Waals surface area contributed by atoms with Crippen LogP contribution in [0.25, 0.3) is 0 Å². The zero-order chi connectivity index (χ0) is 14.3. The fraction of sp³-hybridized carbons (Fsp3) is 0.300. The van der Waals surface area contributed by atoms with E-state index in [2.05, 4.69) is 37.0 Å². The minimum atomic E-state index is -0.444. The van der Waals surface area contributed by atoms with Gasteiger partial charge in [-0.1, -0.05) is 31.2 Å². The Bertz CT molecular complexity index is 507. The molecule has 1 heterocycles. The van der Waals surface area contributed by atoms with Crippen LogP contribution >= 0.6 is 20.7 Å². The van der Waals surface area contributed by atoms with Crippen LogP contribution in [0.1, 0.15) is 0 Å². The number of hydrogen-bond donors (Lipinski definition) is 4. The highest BCUT2D eigenvalue weighted by molar-refractivity contribution is 14.2. The summed E-state index contributed by atoms with van der Waals surface area (Å²) in [4.78, 5) is 16.1. The van der Waals surface area contributed by atoms with Gasteiger partial charge < -0.3 is 11.1 Å². The molecule has 100 valence electrons. The first-order chi connectivity index (χ1) is 9.08. The number of nitrogen functional groups attached to an aromatic ring is 1. The number of halogens is 1. The van der Waals surface area contributed by atoms with Crippen molar-refractivity contribution in [1.82, 2.24) is 10.3 Å². The van der Waals surface area contributed by atoms with Crippen LogP contribution in [0.15, 0.2) is 17.2 Å². The summed E-state index contributed by atoms with van der Waals surface area (Å²) < 4.78 is 2.28. The molecule has 2 radical (unpaired) electrons. The van der Waals surface area contributed by atoms with Gasteiger partial charge in [0.05, 0.1) is 0 Å². The topological polar surface area (TPSA) is 118 Å². The Morgan fingerprint density at radius 1 is 1.63 bits per heavy atom. The van der Waals surface area contributed by atoms with Crippen molar-refractivity contribution in [3.8, 4) is 0 Å². The summed E-state index contributed by atoms with van der Waals surface area (Å²) >= 11 is 2.03. The van der Waals surface area contributed by atoms with Crippen LogP contribution in [0.3, 0.4) is 0 Å². The van der Waals surface area contributed by atoms with Crippen molar-refractivity contribution in [3.63, 3.8) is 0 Å². The third kappa shape index (κ3) is 5.32. The zero-order valence-electron chi connectivity index (χ0n) is 10.5. The number of aromatic nitrogens is 1. The van der Waals surface area contributed by atoms with E-state index in [1.165, 1.54) is 0 Å². The average molecular weight is 389 g/mol. The molecular weight excluding hydrogens is 374 g/mol. The first-order valence-electron chi connectivity index (χ1n) is 5.42. The van der Waals surface area contributed by atoms with E-state index in [-0.39, 0.29) is 5.91 Å². The molecule has 0 saturated heterocycles. The van der Waals surface area contributed by atoms with Crippen molar-refractivity contribution in [2.45, 2.75) is 0 Å². The number of alkyl halides is 1. The number of anilines is 2. The van der Waals surface area contributed by atoms with E-state index in [0.717, 1.165) is 8.85 Å². The predicted molar refractivity (Wildman–Crippen MR) is 84.8 cm³/mol. The number of nitrogens with one attached hydrogen (secondary N) is 2. The summed E-state index contributed by atoms with van der Waals surface area (Å²) in [5.41, 5.74) is 10.8. The van der Waals surface area contributed by atoms with Gasteiger partial charge in [-0.25, -0.2) is 4.98 Å². The smallest absolute Gasteiger partial charge is 0.273 e. The monoisotopic (exact) mass is 389 g/mol. The summed E-state index contributed by atoms with van der Waals surface area (Å²) in [6.07, 6.45) is 0. The number of amides is 1. The minimum absolute atomic E-state index is 0.185. The fourth-order valence-corrected chi connectivity index (χ4v) is 3.24. The van der Waals surface area contributed by atoms with E-state index in [9.17, 15) is 4.79 Å². The number of likely N-dealkylation sites (N-methyl/N-ethyl adjacent to an activating group) is 1. The summed E-state index contributed by atoms with van der Waals surface area (Å²) in [7, 11) is 1.72. The third-order valence-electron chi connectivity index (χ3n) is 2.06. The number of pyridine rings is 1. The summed E-state index contributed by atoms with van der Waals surface area (Å²) in [5.74, 6) is 0.634. The SMILES string of the molecule is CNC(=ICCN=[NH2+])C(=O)Nc1cc[c]([Al])c(N)n1. The van der Waals surface area contributed by atoms with Crippen molar-refractivity contribution < 1.29 is 10.3 Å². The van der Waals surface area contributed by atoms with E-state index in [0.29, 0.717) is 21.8 Å². The summed E-state index contributed by atoms with van der Waals surface area (Å²) in [6, 6.07) is 3.49. The Morgan fingerprint density at radius 3 is 2.95 bits per heavy atom. The molecule has 1 rings (SSSR count). The van der Waals surface area contributed by atoms with Crippen molar-refractivity contribution >= 4 is 62.6 Å². The summed E-state index contributed by atoms with van der Waals surface area (Å²) in [5, 5.41) is 9.16. The van der Waals surface area contributed by atoms with Gasteiger partial charge in [0.2, 0.25) is 0 Å². The lowest BCUT2D eigenvalue weighted by Gasteiger charge is -2.08. The van der Waals surface area contributed by atoms with E-state index in [1.54, 1.807) is 19.2 Å². The molecule has 1 aromatic rings. The lowest BCUT2D eigenvalue weighted by Crippen LogP contribution is -2.32. The maximum absolute atomic E-state index is 12.0. The quantitative estimate of drug-likeness (QED) is 0.147. The van der Waals surface area contributed by atoms with Crippen molar-refractivity contribution in [2.75, 3.05) is 29.1 Å². The van der Waals surface area contributed by atoms with Crippen LogP contribution in [0.5, 0.6) is 0 Å². The van der Waals surface area contributed by atoms with E-state index >= 15 is 0 Å². The normalized spacial score (nSPS) is 11.5. The Labute approximate surface area is 129 Å². The first-order valence-corrected chi connectivity index (χ1v) is 8.60. The average Bonchev–Trinajstić information content (AvgIpc) is 2.39. The molecule has 1 aromatic heterocycles. The Hall–Kier alpha value is -0.888. The van der Waals surface area contributed by atoms with Gasteiger partial charge in [-0.05, 0) is 18.2 Å². The standard InChI is InChI=1S/C10H14IN6O.Al/c1-14-9(11-5-6-15-13)10(18)17-8-4-2-3-7(12)16-8;/h2,4,13-14H,5-6H2,1H3,(H3,12,16,17,18);/p+1. The second-order valence-corrected chi connectivity index (χ2v) is 6.96. The van der Waals surface area contributed by atoms with Gasteiger partial charge in [0, 0.05) is 4.43 Å². The Balaban J connectivity index is 2.73. The van der Waals surface area contributed by atoms with Crippen LogP contribution in [0, 0.1) is 0 Å². The molecule has 0 saturated carbocycles. The van der Waals surface area contributed by atoms with Crippen LogP contribution in [0.2, 0.25) is 0 Å². The van der Waals surface area contributed by atoms with Crippen molar-refractivity contribution in [2.24, 2.45) is 5.11 Å². The second-order valence-electron chi connectivity index (χ2n) is 3.42. The molecule has 0 atom stereocenters. The molecule has 0 fully saturated rings. The van der Waals surface area contributed by atoms with Crippen LogP contribution < -0.4 is 26.3 Å². The molecular formula is C10H15AlIN6O+. The van der Waals surface area contributed by atoms with Gasteiger partial charge in [0.25, 0.3) is 5.91 Å². The van der Waals surface area contributed by atoms with Crippen molar-refractivity contribution in [3.05, 3.63) is 12.1 Å². The molecule has 0 unspecified atom stereocenters. The zero-order valence-corrected chi connectivity index (χ0v) is 13.8.